The predicted molar refractivity (Wildman–Crippen MR) is 104 cm³/mol. The fraction of sp³-hybridized carbons (Fsp3) is 0.0500. The minimum Gasteiger partial charge on any atom is -0.307 e. The maximum absolute atomic E-state index is 13.1. The first-order valence-electron chi connectivity index (χ1n) is 8.54. The summed E-state index contributed by atoms with van der Waals surface area (Å²) < 4.78 is 1.37. The number of hydrogen-bond acceptors (Lipinski definition) is 5. The first kappa shape index (κ1) is 18.6. The quantitative estimate of drug-likeness (QED) is 0.528. The van der Waals surface area contributed by atoms with E-state index in [-0.39, 0.29) is 28.4 Å². The van der Waals surface area contributed by atoms with Crippen LogP contribution in [0, 0.1) is 0 Å². The highest BCUT2D eigenvalue weighted by molar-refractivity contribution is 6.32. The van der Waals surface area contributed by atoms with Crippen LogP contribution in [0.3, 0.4) is 0 Å². The number of aromatic nitrogens is 2. The molecule has 0 saturated heterocycles. The number of rotatable bonds is 4. The second kappa shape index (κ2) is 7.33. The van der Waals surface area contributed by atoms with Crippen molar-refractivity contribution >= 4 is 41.0 Å². The summed E-state index contributed by atoms with van der Waals surface area (Å²) in [4.78, 5) is 50.7. The Morgan fingerprint density at radius 3 is 2.10 bits per heavy atom. The van der Waals surface area contributed by atoms with E-state index in [9.17, 15) is 19.2 Å². The Balaban J connectivity index is 1.76. The summed E-state index contributed by atoms with van der Waals surface area (Å²) in [7, 11) is 0. The number of benzene rings is 2. The first-order valence-corrected chi connectivity index (χ1v) is 9.07. The first-order chi connectivity index (χ1) is 14.0. The molecule has 4 amide bonds. The van der Waals surface area contributed by atoms with Crippen LogP contribution in [-0.4, -0.2) is 44.2 Å². The lowest BCUT2D eigenvalue weighted by Crippen LogP contribution is -2.36. The monoisotopic (exact) mass is 408 g/mol. The Bertz CT molecular complexity index is 1120. The number of nitrogens with one attached hydrogen (secondary N) is 1. The van der Waals surface area contributed by atoms with Gasteiger partial charge in [0.1, 0.15) is 11.4 Å². The molecule has 0 aliphatic carbocycles. The van der Waals surface area contributed by atoms with Crippen molar-refractivity contribution in [1.29, 1.82) is 0 Å². The van der Waals surface area contributed by atoms with E-state index in [1.807, 2.05) is 6.07 Å². The maximum Gasteiger partial charge on any atom is 0.273 e. The van der Waals surface area contributed by atoms with Crippen LogP contribution in [0.15, 0.2) is 60.8 Å². The number of amides is 4. The van der Waals surface area contributed by atoms with Gasteiger partial charge in [-0.15, -0.1) is 16.7 Å². The summed E-state index contributed by atoms with van der Waals surface area (Å²) in [6.45, 7) is 0. The zero-order valence-electron chi connectivity index (χ0n) is 14.8. The lowest BCUT2D eigenvalue weighted by molar-refractivity contribution is -0.113. The molecule has 29 heavy (non-hydrogen) atoms. The summed E-state index contributed by atoms with van der Waals surface area (Å²) in [5, 5.41) is 6.65. The fourth-order valence-electron chi connectivity index (χ4n) is 3.00. The summed E-state index contributed by atoms with van der Waals surface area (Å²) in [6, 6.07) is 15.0. The van der Waals surface area contributed by atoms with E-state index in [0.717, 1.165) is 0 Å². The van der Waals surface area contributed by atoms with Gasteiger partial charge in [0.15, 0.2) is 5.82 Å². The van der Waals surface area contributed by atoms with Gasteiger partial charge in [-0.25, -0.2) is 9.58 Å². The zero-order valence-corrected chi connectivity index (χ0v) is 15.6. The van der Waals surface area contributed by atoms with Crippen LogP contribution in [0.25, 0.3) is 5.69 Å². The molecule has 0 radical (unpaired) electrons. The van der Waals surface area contributed by atoms with Gasteiger partial charge in [0.2, 0.25) is 5.91 Å². The largest absolute Gasteiger partial charge is 0.307 e. The Kier molecular flexibility index (Phi) is 4.69. The molecule has 0 saturated carbocycles. The molecule has 1 N–H and O–H groups in total. The molecular weight excluding hydrogens is 396 g/mol. The molecule has 3 aromatic rings. The molecule has 8 nitrogen and oxygen atoms in total. The van der Waals surface area contributed by atoms with Crippen LogP contribution >= 0.6 is 11.6 Å². The molecule has 1 aliphatic heterocycles. The van der Waals surface area contributed by atoms with E-state index in [4.69, 9.17) is 11.6 Å². The lowest BCUT2D eigenvalue weighted by Gasteiger charge is -2.11. The Labute approximate surface area is 169 Å². The van der Waals surface area contributed by atoms with Crippen LogP contribution in [0.5, 0.6) is 0 Å². The van der Waals surface area contributed by atoms with Gasteiger partial charge in [0.25, 0.3) is 17.7 Å². The topological polar surface area (TPSA) is 101 Å². The standard InChI is InChI=1S/C20H13ClN4O4/c21-10-16(26)22-17-15(11-24(23-17)12-6-2-1-3-7-12)20(29)25-18(27)13-8-4-5-9-14(13)19(25)28/h1-9,11H,10H2,(H,22,23,26). The highest BCUT2D eigenvalue weighted by Crippen LogP contribution is 2.27. The number of anilines is 1. The van der Waals surface area contributed by atoms with Gasteiger partial charge in [-0.3, -0.25) is 19.2 Å². The van der Waals surface area contributed by atoms with Crippen molar-refractivity contribution in [3.8, 4) is 5.69 Å². The Morgan fingerprint density at radius 2 is 1.52 bits per heavy atom. The Morgan fingerprint density at radius 1 is 0.931 bits per heavy atom. The minimum atomic E-state index is -0.886. The van der Waals surface area contributed by atoms with Crippen LogP contribution in [0.2, 0.25) is 0 Å². The van der Waals surface area contributed by atoms with Crippen molar-refractivity contribution in [1.82, 2.24) is 14.7 Å². The van der Waals surface area contributed by atoms with E-state index in [2.05, 4.69) is 10.4 Å². The number of alkyl halides is 1. The van der Waals surface area contributed by atoms with Crippen molar-refractivity contribution in [2.75, 3.05) is 11.2 Å². The van der Waals surface area contributed by atoms with Crippen molar-refractivity contribution in [3.63, 3.8) is 0 Å². The van der Waals surface area contributed by atoms with Crippen molar-refractivity contribution in [3.05, 3.63) is 77.5 Å². The second-order valence-electron chi connectivity index (χ2n) is 6.15. The van der Waals surface area contributed by atoms with E-state index in [0.29, 0.717) is 10.6 Å². The van der Waals surface area contributed by atoms with E-state index in [1.54, 1.807) is 36.4 Å². The van der Waals surface area contributed by atoms with Gasteiger partial charge in [-0.05, 0) is 24.3 Å². The highest BCUT2D eigenvalue weighted by Gasteiger charge is 2.41. The third-order valence-corrected chi connectivity index (χ3v) is 4.58. The summed E-state index contributed by atoms with van der Waals surface area (Å²) >= 11 is 5.54. The van der Waals surface area contributed by atoms with Gasteiger partial charge >= 0.3 is 0 Å². The molecule has 144 valence electrons. The zero-order chi connectivity index (χ0) is 20.5. The normalized spacial score (nSPS) is 12.8. The molecule has 0 atom stereocenters. The number of fused-ring (bicyclic) bond motifs is 1. The SMILES string of the molecule is O=C(CCl)Nc1nn(-c2ccccc2)cc1C(=O)N1C(=O)c2ccccc2C1=O. The smallest absolute Gasteiger partial charge is 0.273 e. The lowest BCUT2D eigenvalue weighted by atomic mass is 10.1. The number of nitrogens with zero attached hydrogens (tertiary/aromatic N) is 3. The molecule has 2 heterocycles. The average molecular weight is 409 g/mol. The molecule has 0 fully saturated rings. The van der Waals surface area contributed by atoms with Crippen LogP contribution in [0.4, 0.5) is 5.82 Å². The van der Waals surface area contributed by atoms with Crippen molar-refractivity contribution in [2.45, 2.75) is 0 Å². The second-order valence-corrected chi connectivity index (χ2v) is 6.42. The summed E-state index contributed by atoms with van der Waals surface area (Å²) in [6.07, 6.45) is 1.35. The molecule has 0 unspecified atom stereocenters. The van der Waals surface area contributed by atoms with E-state index in [1.165, 1.54) is 23.0 Å². The number of para-hydroxylation sites is 1. The minimum absolute atomic E-state index is 0.0962. The molecule has 0 bridgehead atoms. The van der Waals surface area contributed by atoms with Gasteiger partial charge in [0.05, 0.1) is 16.8 Å². The molecule has 9 heteroatoms. The molecule has 1 aromatic heterocycles. The fourth-order valence-corrected chi connectivity index (χ4v) is 3.06. The van der Waals surface area contributed by atoms with Crippen molar-refractivity contribution < 1.29 is 19.2 Å². The molecule has 4 rings (SSSR count). The average Bonchev–Trinajstić information content (AvgIpc) is 3.28. The van der Waals surface area contributed by atoms with Gasteiger partial charge < -0.3 is 5.32 Å². The van der Waals surface area contributed by atoms with Crippen molar-refractivity contribution in [2.24, 2.45) is 0 Å². The summed E-state index contributed by atoms with van der Waals surface area (Å²) in [5.74, 6) is -3.36. The molecule has 2 aromatic carbocycles. The number of carbonyl (C=O) groups is 4. The number of imide groups is 3. The number of carbonyl (C=O) groups excluding carboxylic acids is 4. The van der Waals surface area contributed by atoms with Gasteiger partial charge in [-0.2, -0.15) is 0 Å². The maximum atomic E-state index is 13.1. The Hall–Kier alpha value is -3.78. The van der Waals surface area contributed by atoms with E-state index >= 15 is 0 Å². The summed E-state index contributed by atoms with van der Waals surface area (Å²) in [5.41, 5.74) is 0.803. The third kappa shape index (κ3) is 3.19. The third-order valence-electron chi connectivity index (χ3n) is 4.34. The number of halogens is 1. The molecule has 1 aliphatic rings. The number of hydrogen-bond donors (Lipinski definition) is 1. The van der Waals surface area contributed by atoms with Gasteiger partial charge in [-0.1, -0.05) is 30.3 Å². The van der Waals surface area contributed by atoms with Gasteiger partial charge in [0, 0.05) is 6.20 Å². The van der Waals surface area contributed by atoms with Crippen LogP contribution in [0.1, 0.15) is 31.1 Å². The highest BCUT2D eigenvalue weighted by atomic mass is 35.5. The van der Waals surface area contributed by atoms with E-state index < -0.39 is 23.6 Å². The van der Waals surface area contributed by atoms with Crippen LogP contribution in [-0.2, 0) is 4.79 Å². The van der Waals surface area contributed by atoms with Crippen LogP contribution < -0.4 is 5.32 Å². The molecular formula is C20H13ClN4O4. The predicted octanol–water partition coefficient (Wildman–Crippen LogP) is 2.49. The molecule has 0 spiro atoms.